The van der Waals surface area contributed by atoms with Crippen molar-refractivity contribution < 1.29 is 9.21 Å². The van der Waals surface area contributed by atoms with Crippen LogP contribution in [0, 0.1) is 13.8 Å². The fourth-order valence-corrected chi connectivity index (χ4v) is 2.71. The van der Waals surface area contributed by atoms with Gasteiger partial charge in [0.25, 0.3) is 0 Å². The molecular formula is C17H20O2. The average molecular weight is 256 g/mol. The van der Waals surface area contributed by atoms with E-state index in [2.05, 4.69) is 32.9 Å². The van der Waals surface area contributed by atoms with E-state index in [1.54, 1.807) is 13.0 Å². The molecular weight excluding hydrogens is 236 g/mol. The number of carbonyl (C=O) groups excluding carboxylic acids is 1. The molecule has 2 rings (SSSR count). The standard InChI is InChI=1S/C17H20O2/c1-6-14-16-11(3)7-10(2)8-15(16)19-17(14)12(4)9-13(5)18/h7-9H,6H2,1-5H3. The first-order valence-corrected chi connectivity index (χ1v) is 6.66. The van der Waals surface area contributed by atoms with E-state index in [1.807, 2.05) is 6.92 Å². The van der Waals surface area contributed by atoms with E-state index in [0.29, 0.717) is 0 Å². The highest BCUT2D eigenvalue weighted by Gasteiger charge is 2.16. The number of hydrogen-bond donors (Lipinski definition) is 0. The molecule has 0 saturated heterocycles. The summed E-state index contributed by atoms with van der Waals surface area (Å²) in [5.41, 5.74) is 5.44. The largest absolute Gasteiger partial charge is 0.456 e. The number of fused-ring (bicyclic) bond motifs is 1. The second-order valence-electron chi connectivity index (χ2n) is 5.16. The SMILES string of the molecule is CCc1c(C(C)=CC(C)=O)oc2cc(C)cc(C)c12. The summed E-state index contributed by atoms with van der Waals surface area (Å²) in [5.74, 6) is 0.898. The minimum Gasteiger partial charge on any atom is -0.456 e. The summed E-state index contributed by atoms with van der Waals surface area (Å²) in [4.78, 5) is 11.2. The average Bonchev–Trinajstić information content (AvgIpc) is 2.66. The second-order valence-corrected chi connectivity index (χ2v) is 5.16. The molecule has 1 heterocycles. The summed E-state index contributed by atoms with van der Waals surface area (Å²) in [7, 11) is 0. The van der Waals surface area contributed by atoms with E-state index < -0.39 is 0 Å². The minimum atomic E-state index is 0.0490. The van der Waals surface area contributed by atoms with Gasteiger partial charge in [-0.1, -0.05) is 13.0 Å². The summed E-state index contributed by atoms with van der Waals surface area (Å²) in [5, 5.41) is 1.19. The zero-order valence-corrected chi connectivity index (χ0v) is 12.3. The molecule has 0 aliphatic rings. The van der Waals surface area contributed by atoms with Crippen molar-refractivity contribution in [2.75, 3.05) is 0 Å². The van der Waals surface area contributed by atoms with E-state index in [4.69, 9.17) is 4.42 Å². The summed E-state index contributed by atoms with van der Waals surface area (Å²) in [6, 6.07) is 4.23. The van der Waals surface area contributed by atoms with Crippen molar-refractivity contribution in [2.24, 2.45) is 0 Å². The number of hydrogen-bond acceptors (Lipinski definition) is 2. The lowest BCUT2D eigenvalue weighted by Gasteiger charge is -2.01. The van der Waals surface area contributed by atoms with Gasteiger partial charge in [0.1, 0.15) is 11.3 Å². The van der Waals surface area contributed by atoms with Crippen molar-refractivity contribution in [3.05, 3.63) is 40.7 Å². The highest BCUT2D eigenvalue weighted by Crippen LogP contribution is 2.33. The third-order valence-corrected chi connectivity index (χ3v) is 3.36. The third-order valence-electron chi connectivity index (χ3n) is 3.36. The van der Waals surface area contributed by atoms with Crippen LogP contribution in [0.3, 0.4) is 0 Å². The first-order chi connectivity index (χ1) is 8.93. The lowest BCUT2D eigenvalue weighted by Crippen LogP contribution is -1.89. The highest BCUT2D eigenvalue weighted by atomic mass is 16.3. The van der Waals surface area contributed by atoms with Crippen LogP contribution in [0.15, 0.2) is 22.6 Å². The predicted molar refractivity (Wildman–Crippen MR) is 79.4 cm³/mol. The monoisotopic (exact) mass is 256 g/mol. The third kappa shape index (κ3) is 2.48. The summed E-state index contributed by atoms with van der Waals surface area (Å²) in [6.07, 6.45) is 2.54. The smallest absolute Gasteiger partial charge is 0.153 e. The molecule has 1 aromatic carbocycles. The summed E-state index contributed by atoms with van der Waals surface area (Å²) < 4.78 is 5.99. The van der Waals surface area contributed by atoms with Gasteiger partial charge in [-0.2, -0.15) is 0 Å². The van der Waals surface area contributed by atoms with Gasteiger partial charge >= 0.3 is 0 Å². The first kappa shape index (κ1) is 13.6. The van der Waals surface area contributed by atoms with Crippen LogP contribution >= 0.6 is 0 Å². The van der Waals surface area contributed by atoms with Gasteiger partial charge in [-0.05, 0) is 63.0 Å². The Labute approximate surface area is 114 Å². The fraction of sp³-hybridized carbons (Fsp3) is 0.353. The molecule has 100 valence electrons. The normalized spacial score (nSPS) is 12.2. The Bertz CT molecular complexity index is 672. The van der Waals surface area contributed by atoms with Crippen LogP contribution < -0.4 is 0 Å². The Kier molecular flexibility index (Phi) is 3.61. The van der Waals surface area contributed by atoms with E-state index in [0.717, 1.165) is 23.3 Å². The Morgan fingerprint density at radius 3 is 2.53 bits per heavy atom. The molecule has 0 aliphatic carbocycles. The molecule has 2 nitrogen and oxygen atoms in total. The van der Waals surface area contributed by atoms with Crippen LogP contribution in [0.5, 0.6) is 0 Å². The second kappa shape index (κ2) is 5.04. The van der Waals surface area contributed by atoms with E-state index in [1.165, 1.54) is 22.1 Å². The van der Waals surface area contributed by atoms with Crippen LogP contribution in [0.1, 0.15) is 43.2 Å². The summed E-state index contributed by atoms with van der Waals surface area (Å²) >= 11 is 0. The van der Waals surface area contributed by atoms with Gasteiger partial charge in [0.2, 0.25) is 0 Å². The van der Waals surface area contributed by atoms with Crippen LogP contribution in [-0.2, 0) is 11.2 Å². The molecule has 0 N–H and O–H groups in total. The van der Waals surface area contributed by atoms with Gasteiger partial charge in [0.05, 0.1) is 0 Å². The van der Waals surface area contributed by atoms with Gasteiger partial charge in [-0.25, -0.2) is 0 Å². The molecule has 0 aliphatic heterocycles. The van der Waals surface area contributed by atoms with Crippen molar-refractivity contribution in [1.82, 2.24) is 0 Å². The van der Waals surface area contributed by atoms with Crippen LogP contribution in [0.2, 0.25) is 0 Å². The Balaban J connectivity index is 2.76. The summed E-state index contributed by atoms with van der Waals surface area (Å²) in [6.45, 7) is 9.79. The van der Waals surface area contributed by atoms with Gasteiger partial charge in [-0.3, -0.25) is 4.79 Å². The molecule has 2 heteroatoms. The van der Waals surface area contributed by atoms with Crippen molar-refractivity contribution in [1.29, 1.82) is 0 Å². The van der Waals surface area contributed by atoms with E-state index >= 15 is 0 Å². The van der Waals surface area contributed by atoms with Gasteiger partial charge < -0.3 is 4.42 Å². The van der Waals surface area contributed by atoms with Gasteiger partial charge in [0, 0.05) is 10.9 Å². The number of furan rings is 1. The van der Waals surface area contributed by atoms with Gasteiger partial charge in [0.15, 0.2) is 5.78 Å². The van der Waals surface area contributed by atoms with E-state index in [-0.39, 0.29) is 5.78 Å². The van der Waals surface area contributed by atoms with Crippen molar-refractivity contribution in [3.63, 3.8) is 0 Å². The first-order valence-electron chi connectivity index (χ1n) is 6.66. The number of allylic oxidation sites excluding steroid dienone is 2. The molecule has 0 unspecified atom stereocenters. The highest BCUT2D eigenvalue weighted by molar-refractivity contribution is 5.97. The number of benzene rings is 1. The maximum Gasteiger partial charge on any atom is 0.153 e. The number of rotatable bonds is 3. The zero-order valence-electron chi connectivity index (χ0n) is 12.3. The molecule has 0 bridgehead atoms. The lowest BCUT2D eigenvalue weighted by atomic mass is 9.99. The molecule has 19 heavy (non-hydrogen) atoms. The van der Waals surface area contributed by atoms with Crippen LogP contribution in [0.25, 0.3) is 16.5 Å². The number of carbonyl (C=O) groups is 1. The fourth-order valence-electron chi connectivity index (χ4n) is 2.71. The number of aryl methyl sites for hydroxylation is 3. The molecule has 0 radical (unpaired) electrons. The Hall–Kier alpha value is -1.83. The molecule has 0 amide bonds. The molecule has 0 atom stereocenters. The van der Waals surface area contributed by atoms with Crippen molar-refractivity contribution in [3.8, 4) is 0 Å². The van der Waals surface area contributed by atoms with E-state index in [9.17, 15) is 4.79 Å². The topological polar surface area (TPSA) is 30.2 Å². The molecule has 0 fully saturated rings. The zero-order chi connectivity index (χ0) is 14.2. The molecule has 0 spiro atoms. The molecule has 2 aromatic rings. The quantitative estimate of drug-likeness (QED) is 0.751. The van der Waals surface area contributed by atoms with Gasteiger partial charge in [-0.15, -0.1) is 0 Å². The van der Waals surface area contributed by atoms with Crippen molar-refractivity contribution in [2.45, 2.75) is 41.0 Å². The maximum absolute atomic E-state index is 11.2. The van der Waals surface area contributed by atoms with Crippen molar-refractivity contribution >= 4 is 22.3 Å². The maximum atomic E-state index is 11.2. The predicted octanol–water partition coefficient (Wildman–Crippen LogP) is 4.60. The van der Waals surface area contributed by atoms with Crippen LogP contribution in [0.4, 0.5) is 0 Å². The Morgan fingerprint density at radius 1 is 1.26 bits per heavy atom. The minimum absolute atomic E-state index is 0.0490. The number of ketones is 1. The lowest BCUT2D eigenvalue weighted by molar-refractivity contribution is -0.112. The molecule has 0 saturated carbocycles. The van der Waals surface area contributed by atoms with Crippen LogP contribution in [-0.4, -0.2) is 5.78 Å². The Morgan fingerprint density at radius 2 is 1.95 bits per heavy atom. The molecule has 1 aromatic heterocycles.